The van der Waals surface area contributed by atoms with Crippen molar-refractivity contribution in [1.82, 2.24) is 15.1 Å². The van der Waals surface area contributed by atoms with E-state index >= 15 is 0 Å². The highest BCUT2D eigenvalue weighted by molar-refractivity contribution is 5.37. The molecule has 1 aromatic rings. The highest BCUT2D eigenvalue weighted by Gasteiger charge is 2.37. The van der Waals surface area contributed by atoms with E-state index in [9.17, 15) is 0 Å². The first-order valence-electron chi connectivity index (χ1n) is 7.69. The molecule has 3 aliphatic heterocycles. The monoisotopic (exact) mass is 275 g/mol. The molecule has 3 aliphatic rings. The summed E-state index contributed by atoms with van der Waals surface area (Å²) < 4.78 is 5.82. The number of piperazine rings is 3. The second kappa shape index (κ2) is 6.12. The summed E-state index contributed by atoms with van der Waals surface area (Å²) in [6, 6.07) is 9.33. The van der Waals surface area contributed by atoms with Gasteiger partial charge >= 0.3 is 0 Å². The van der Waals surface area contributed by atoms with Crippen LogP contribution in [-0.4, -0.2) is 62.2 Å². The molecule has 3 saturated heterocycles. The summed E-state index contributed by atoms with van der Waals surface area (Å²) in [5.41, 5.74) is 1.29. The zero-order valence-electron chi connectivity index (χ0n) is 12.5. The molecule has 2 bridgehead atoms. The van der Waals surface area contributed by atoms with Gasteiger partial charge in [0.1, 0.15) is 5.75 Å². The molecule has 0 radical (unpaired) electrons. The zero-order valence-corrected chi connectivity index (χ0v) is 12.5. The average molecular weight is 275 g/mol. The van der Waals surface area contributed by atoms with Crippen LogP contribution in [0.25, 0.3) is 0 Å². The summed E-state index contributed by atoms with van der Waals surface area (Å²) in [5.74, 6) is 1.02. The number of hydrogen-bond donors (Lipinski definition) is 1. The van der Waals surface area contributed by atoms with Crippen molar-refractivity contribution in [3.8, 4) is 5.75 Å². The highest BCUT2D eigenvalue weighted by atomic mass is 16.5. The Morgan fingerprint density at radius 2 is 2.00 bits per heavy atom. The van der Waals surface area contributed by atoms with Gasteiger partial charge in [-0.3, -0.25) is 9.80 Å². The van der Waals surface area contributed by atoms with Gasteiger partial charge < -0.3 is 10.1 Å². The van der Waals surface area contributed by atoms with Crippen molar-refractivity contribution in [2.45, 2.75) is 19.0 Å². The molecule has 3 fully saturated rings. The van der Waals surface area contributed by atoms with E-state index in [0.717, 1.165) is 12.3 Å². The molecule has 4 nitrogen and oxygen atoms in total. The van der Waals surface area contributed by atoms with Gasteiger partial charge in [0.2, 0.25) is 0 Å². The first kappa shape index (κ1) is 13.9. The maximum Gasteiger partial charge on any atom is 0.124 e. The molecule has 3 heterocycles. The van der Waals surface area contributed by atoms with Gasteiger partial charge in [0, 0.05) is 44.3 Å². The van der Waals surface area contributed by atoms with Crippen molar-refractivity contribution in [2.24, 2.45) is 0 Å². The van der Waals surface area contributed by atoms with Gasteiger partial charge in [-0.05, 0) is 20.0 Å². The molecule has 1 N–H and O–H groups in total. The predicted octanol–water partition coefficient (Wildman–Crippen LogP) is 1.35. The lowest BCUT2D eigenvalue weighted by Crippen LogP contribution is -2.63. The summed E-state index contributed by atoms with van der Waals surface area (Å²) in [6.45, 7) is 8.75. The molecule has 0 saturated carbocycles. The lowest BCUT2D eigenvalue weighted by Gasteiger charge is -2.50. The maximum absolute atomic E-state index is 5.82. The minimum atomic E-state index is 0.334. The van der Waals surface area contributed by atoms with E-state index in [1.807, 2.05) is 6.92 Å². The van der Waals surface area contributed by atoms with Gasteiger partial charge in [0.15, 0.2) is 0 Å². The van der Waals surface area contributed by atoms with Gasteiger partial charge in [-0.25, -0.2) is 0 Å². The van der Waals surface area contributed by atoms with Crippen LogP contribution in [0, 0.1) is 0 Å². The number of benzene rings is 1. The van der Waals surface area contributed by atoms with E-state index < -0.39 is 0 Å². The number of likely N-dealkylation sites (N-methyl/N-ethyl adjacent to an activating group) is 1. The number of nitrogens with one attached hydrogen (secondary N) is 1. The van der Waals surface area contributed by atoms with Crippen molar-refractivity contribution >= 4 is 0 Å². The third kappa shape index (κ3) is 2.55. The summed E-state index contributed by atoms with van der Waals surface area (Å²) in [6.07, 6.45) is 0. The Hall–Kier alpha value is -1.10. The number of para-hydroxylation sites is 1. The molecule has 2 atom stereocenters. The van der Waals surface area contributed by atoms with Crippen LogP contribution in [0.5, 0.6) is 5.75 Å². The smallest absolute Gasteiger partial charge is 0.124 e. The zero-order chi connectivity index (χ0) is 13.9. The Morgan fingerprint density at radius 3 is 2.60 bits per heavy atom. The van der Waals surface area contributed by atoms with Crippen LogP contribution < -0.4 is 10.1 Å². The van der Waals surface area contributed by atoms with Crippen molar-refractivity contribution in [1.29, 1.82) is 0 Å². The fourth-order valence-corrected chi connectivity index (χ4v) is 3.55. The van der Waals surface area contributed by atoms with Crippen molar-refractivity contribution in [3.05, 3.63) is 29.8 Å². The SMILES string of the molecule is CCOc1ccccc1C(NC)C1CN2CCN1CC2. The molecular weight excluding hydrogens is 250 g/mol. The Labute approximate surface area is 121 Å². The molecule has 0 amide bonds. The molecular formula is C16H25N3O. The van der Waals surface area contributed by atoms with Gasteiger partial charge in [0.25, 0.3) is 0 Å². The molecule has 20 heavy (non-hydrogen) atoms. The van der Waals surface area contributed by atoms with Crippen LogP contribution in [0.15, 0.2) is 24.3 Å². The van der Waals surface area contributed by atoms with Gasteiger partial charge in [-0.2, -0.15) is 0 Å². The second-order valence-corrected chi connectivity index (χ2v) is 5.64. The van der Waals surface area contributed by atoms with Crippen LogP contribution in [0.1, 0.15) is 18.5 Å². The van der Waals surface area contributed by atoms with Crippen LogP contribution >= 0.6 is 0 Å². The first-order chi connectivity index (χ1) is 9.83. The van der Waals surface area contributed by atoms with E-state index in [2.05, 4.69) is 46.4 Å². The summed E-state index contributed by atoms with van der Waals surface area (Å²) in [5, 5.41) is 3.52. The third-order valence-electron chi connectivity index (χ3n) is 4.57. The Balaban J connectivity index is 1.86. The summed E-state index contributed by atoms with van der Waals surface area (Å²) in [4.78, 5) is 5.21. The van der Waals surface area contributed by atoms with Gasteiger partial charge in [-0.1, -0.05) is 18.2 Å². The van der Waals surface area contributed by atoms with Crippen LogP contribution in [0.2, 0.25) is 0 Å². The minimum absolute atomic E-state index is 0.334. The first-order valence-corrected chi connectivity index (χ1v) is 7.69. The second-order valence-electron chi connectivity index (χ2n) is 5.64. The van der Waals surface area contributed by atoms with Crippen molar-refractivity contribution in [3.63, 3.8) is 0 Å². The average Bonchev–Trinajstić information content (AvgIpc) is 2.51. The Kier molecular flexibility index (Phi) is 4.24. The van der Waals surface area contributed by atoms with E-state index in [1.54, 1.807) is 0 Å². The fourth-order valence-electron chi connectivity index (χ4n) is 3.55. The molecule has 0 spiro atoms. The molecule has 110 valence electrons. The maximum atomic E-state index is 5.82. The Bertz CT molecular complexity index is 443. The van der Waals surface area contributed by atoms with Crippen LogP contribution in [-0.2, 0) is 0 Å². The van der Waals surface area contributed by atoms with Gasteiger partial charge in [-0.15, -0.1) is 0 Å². The lowest BCUT2D eigenvalue weighted by molar-refractivity contribution is -0.00291. The van der Waals surface area contributed by atoms with Crippen LogP contribution in [0.4, 0.5) is 0 Å². The number of rotatable bonds is 5. The van der Waals surface area contributed by atoms with E-state index in [4.69, 9.17) is 4.74 Å². The number of fused-ring (bicyclic) bond motifs is 3. The largest absolute Gasteiger partial charge is 0.494 e. The quantitative estimate of drug-likeness (QED) is 0.878. The lowest BCUT2D eigenvalue weighted by atomic mass is 9.93. The van der Waals surface area contributed by atoms with Crippen molar-refractivity contribution < 1.29 is 4.74 Å². The highest BCUT2D eigenvalue weighted by Crippen LogP contribution is 2.32. The van der Waals surface area contributed by atoms with E-state index in [1.165, 1.54) is 31.7 Å². The number of ether oxygens (including phenoxy) is 1. The summed E-state index contributed by atoms with van der Waals surface area (Å²) in [7, 11) is 2.06. The molecule has 0 aromatic heterocycles. The van der Waals surface area contributed by atoms with Crippen LogP contribution in [0.3, 0.4) is 0 Å². The molecule has 0 aliphatic carbocycles. The van der Waals surface area contributed by atoms with Gasteiger partial charge in [0.05, 0.1) is 12.6 Å². The summed E-state index contributed by atoms with van der Waals surface area (Å²) >= 11 is 0. The third-order valence-corrected chi connectivity index (χ3v) is 4.57. The molecule has 4 rings (SSSR count). The molecule has 2 unspecified atom stereocenters. The topological polar surface area (TPSA) is 27.7 Å². The minimum Gasteiger partial charge on any atom is -0.494 e. The fraction of sp³-hybridized carbons (Fsp3) is 0.625. The standard InChI is InChI=1S/C16H25N3O/c1-3-20-15-7-5-4-6-13(15)16(17-2)14-12-18-8-10-19(14)11-9-18/h4-7,14,16-17H,3,8-12H2,1-2H3. The number of nitrogens with zero attached hydrogens (tertiary/aromatic N) is 2. The number of hydrogen-bond acceptors (Lipinski definition) is 4. The molecule has 1 aromatic carbocycles. The Morgan fingerprint density at radius 1 is 1.25 bits per heavy atom. The molecule has 4 heteroatoms. The van der Waals surface area contributed by atoms with Crippen molar-refractivity contribution in [2.75, 3.05) is 46.4 Å². The van der Waals surface area contributed by atoms with E-state index in [-0.39, 0.29) is 0 Å². The normalized spacial score (nSPS) is 30.2. The van der Waals surface area contributed by atoms with E-state index in [0.29, 0.717) is 18.7 Å². The predicted molar refractivity (Wildman–Crippen MR) is 81.2 cm³/mol.